The minimum Gasteiger partial charge on any atom is -0.493 e. The summed E-state index contributed by atoms with van der Waals surface area (Å²) in [4.78, 5) is 35.9. The van der Waals surface area contributed by atoms with Crippen molar-refractivity contribution in [3.63, 3.8) is 0 Å². The highest BCUT2D eigenvalue weighted by atomic mass is 31.2. The lowest BCUT2D eigenvalue weighted by Crippen LogP contribution is -2.40. The molecule has 0 aromatic heterocycles. The lowest BCUT2D eigenvalue weighted by atomic mass is 9.72. The number of esters is 1. The van der Waals surface area contributed by atoms with Gasteiger partial charge < -0.3 is 33.9 Å². The number of aliphatic carboxylic acids is 1. The van der Waals surface area contributed by atoms with Crippen molar-refractivity contribution in [3.8, 4) is 11.5 Å². The molecule has 0 radical (unpaired) electrons. The van der Waals surface area contributed by atoms with Crippen LogP contribution in [0.4, 0.5) is 4.79 Å². The molecule has 0 aliphatic heterocycles. The highest BCUT2D eigenvalue weighted by molar-refractivity contribution is 7.57. The Kier molecular flexibility index (Phi) is 12.5. The second-order valence-corrected chi connectivity index (χ2v) is 12.1. The van der Waals surface area contributed by atoms with E-state index in [0.717, 1.165) is 32.1 Å². The van der Waals surface area contributed by atoms with E-state index in [1.807, 2.05) is 0 Å². The van der Waals surface area contributed by atoms with Gasteiger partial charge in [-0.1, -0.05) is 25.3 Å². The van der Waals surface area contributed by atoms with E-state index in [4.69, 9.17) is 23.5 Å². The van der Waals surface area contributed by atoms with E-state index in [1.165, 1.54) is 27.2 Å². The van der Waals surface area contributed by atoms with E-state index in [9.17, 15) is 24.1 Å². The summed E-state index contributed by atoms with van der Waals surface area (Å²) in [7, 11) is -0.949. The minimum atomic E-state index is -3.71. The number of carbonyl (C=O) groups is 3. The Bertz CT molecular complexity index is 1030. The lowest BCUT2D eigenvalue weighted by Gasteiger charge is -2.36. The van der Waals surface area contributed by atoms with Gasteiger partial charge in [-0.25, -0.2) is 9.88 Å². The van der Waals surface area contributed by atoms with Crippen molar-refractivity contribution in [2.75, 3.05) is 27.1 Å². The molecule has 1 aliphatic carbocycles. The molecule has 0 spiro atoms. The number of alkyl carbamates (subject to hydrolysis) is 1. The molecule has 1 aromatic carbocycles. The van der Waals surface area contributed by atoms with Gasteiger partial charge in [-0.3, -0.25) is 14.2 Å². The van der Waals surface area contributed by atoms with Crippen LogP contribution in [0.25, 0.3) is 0 Å². The maximum Gasteiger partial charge on any atom is 0.407 e. The summed E-state index contributed by atoms with van der Waals surface area (Å²) in [6, 6.07) is 3.78. The third-order valence-electron chi connectivity index (χ3n) is 6.29. The molecule has 220 valence electrons. The molecule has 39 heavy (non-hydrogen) atoms. The topological polar surface area (TPSA) is 159 Å². The Morgan fingerprint density at radius 1 is 1.08 bits per heavy atom. The zero-order valence-electron chi connectivity index (χ0n) is 23.3. The number of carbonyl (C=O) groups excluding carboxylic acids is 2. The van der Waals surface area contributed by atoms with Gasteiger partial charge in [0.2, 0.25) is 0 Å². The van der Waals surface area contributed by atoms with E-state index < -0.39 is 37.0 Å². The molecule has 3 N–H and O–H groups in total. The molecule has 1 aromatic rings. The summed E-state index contributed by atoms with van der Waals surface area (Å²) >= 11 is 0. The summed E-state index contributed by atoms with van der Waals surface area (Å²) in [5, 5.41) is 14.7. The van der Waals surface area contributed by atoms with Gasteiger partial charge in [0.25, 0.3) is 0 Å². The zero-order chi connectivity index (χ0) is 29.1. The molecule has 1 saturated carbocycles. The molecule has 0 heterocycles. The van der Waals surface area contributed by atoms with E-state index in [1.54, 1.807) is 26.0 Å². The smallest absolute Gasteiger partial charge is 0.407 e. The predicted octanol–water partition coefficient (Wildman–Crippen LogP) is 4.45. The van der Waals surface area contributed by atoms with E-state index >= 15 is 0 Å². The van der Waals surface area contributed by atoms with E-state index in [0.29, 0.717) is 5.56 Å². The summed E-state index contributed by atoms with van der Waals surface area (Å²) in [5.74, 6) is -1.10. The first-order valence-corrected chi connectivity index (χ1v) is 14.8. The van der Waals surface area contributed by atoms with Gasteiger partial charge in [0.1, 0.15) is 19.0 Å². The summed E-state index contributed by atoms with van der Waals surface area (Å²) < 4.78 is 40.1. The zero-order valence-corrected chi connectivity index (χ0v) is 24.2. The van der Waals surface area contributed by atoms with Crippen LogP contribution in [0.15, 0.2) is 18.2 Å². The molecule has 2 atom stereocenters. The number of benzene rings is 1. The Balaban J connectivity index is 2.01. The average Bonchev–Trinajstić information content (AvgIpc) is 2.86. The Morgan fingerprint density at radius 3 is 2.36 bits per heavy atom. The molecule has 1 fully saturated rings. The van der Waals surface area contributed by atoms with Gasteiger partial charge in [-0.15, -0.1) is 0 Å². The van der Waals surface area contributed by atoms with Crippen molar-refractivity contribution in [3.05, 3.63) is 23.8 Å². The molecule has 12 nitrogen and oxygen atoms in total. The average molecular weight is 573 g/mol. The number of carboxylic acids is 1. The lowest BCUT2D eigenvalue weighted by molar-refractivity contribution is -0.149. The summed E-state index contributed by atoms with van der Waals surface area (Å²) in [5.41, 5.74) is 0.120. The number of amides is 1. The van der Waals surface area contributed by atoms with Crippen LogP contribution < -0.4 is 19.7 Å². The van der Waals surface area contributed by atoms with Gasteiger partial charge in [0.15, 0.2) is 11.5 Å². The molecule has 1 aliphatic rings. The molecule has 13 heteroatoms. The molecular formula is C26H41N2O10P. The van der Waals surface area contributed by atoms with Gasteiger partial charge >= 0.3 is 25.6 Å². The van der Waals surface area contributed by atoms with Gasteiger partial charge in [-0.05, 0) is 56.7 Å². The number of rotatable bonds is 15. The number of hydrogen-bond donors (Lipinski definition) is 3. The van der Waals surface area contributed by atoms with Crippen molar-refractivity contribution in [2.24, 2.45) is 5.41 Å². The normalized spacial score (nSPS) is 17.0. The van der Waals surface area contributed by atoms with Crippen molar-refractivity contribution < 1.29 is 47.5 Å². The van der Waals surface area contributed by atoms with Gasteiger partial charge in [0, 0.05) is 13.7 Å². The van der Waals surface area contributed by atoms with Crippen LogP contribution in [0.5, 0.6) is 11.5 Å². The first-order chi connectivity index (χ1) is 18.4. The van der Waals surface area contributed by atoms with Gasteiger partial charge in [-0.2, -0.15) is 0 Å². The Morgan fingerprint density at radius 2 is 1.77 bits per heavy atom. The fourth-order valence-electron chi connectivity index (χ4n) is 4.48. The number of hydrogen-bond acceptors (Lipinski definition) is 9. The van der Waals surface area contributed by atoms with Crippen LogP contribution in [0.1, 0.15) is 64.9 Å². The van der Waals surface area contributed by atoms with Crippen LogP contribution >= 0.6 is 7.52 Å². The summed E-state index contributed by atoms with van der Waals surface area (Å²) in [6.07, 6.45) is 3.14. The Hall–Kier alpha value is -2.82. The SMILES string of the molecule is COCP(=O)(NC(C)C(=O)OC(C)C)Oc1ccc(COC(=O)NCC2(CC(=O)O)CCCCC2)cc1OC. The largest absolute Gasteiger partial charge is 0.493 e. The molecule has 2 unspecified atom stereocenters. The van der Waals surface area contributed by atoms with Crippen LogP contribution in [0, 0.1) is 5.41 Å². The van der Waals surface area contributed by atoms with Crippen molar-refractivity contribution >= 4 is 25.6 Å². The van der Waals surface area contributed by atoms with Crippen LogP contribution in [-0.4, -0.2) is 62.4 Å². The molecule has 1 amide bonds. The van der Waals surface area contributed by atoms with Crippen molar-refractivity contribution in [2.45, 2.75) is 78.0 Å². The standard InChI is InChI=1S/C26H41N2O10P/c1-18(2)37-24(31)19(3)28-39(33,17-34-4)38-21-10-9-20(13-22(21)35-5)15-36-25(32)27-16-26(14-23(29)30)11-7-6-8-12-26/h9-10,13,18-19H,6-8,11-12,14-17H2,1-5H3,(H,27,32)(H,28,33)(H,29,30). The van der Waals surface area contributed by atoms with Crippen molar-refractivity contribution in [1.29, 1.82) is 0 Å². The summed E-state index contributed by atoms with van der Waals surface area (Å²) in [6.45, 7) is 5.08. The van der Waals surface area contributed by atoms with Crippen LogP contribution in [-0.2, 0) is 35.0 Å². The second-order valence-electron chi connectivity index (χ2n) is 10.1. The fraction of sp³-hybridized carbons (Fsp3) is 0.654. The third-order valence-corrected chi connectivity index (χ3v) is 8.16. The fourth-order valence-corrected chi connectivity index (χ4v) is 6.16. The number of ether oxygens (including phenoxy) is 4. The molecular weight excluding hydrogens is 531 g/mol. The van der Waals surface area contributed by atoms with E-state index in [2.05, 4.69) is 10.4 Å². The van der Waals surface area contributed by atoms with Crippen LogP contribution in [0.2, 0.25) is 0 Å². The minimum absolute atomic E-state index is 0.00537. The monoisotopic (exact) mass is 572 g/mol. The molecule has 0 saturated heterocycles. The van der Waals surface area contributed by atoms with Gasteiger partial charge in [0.05, 0.1) is 19.6 Å². The van der Waals surface area contributed by atoms with Crippen LogP contribution in [0.3, 0.4) is 0 Å². The van der Waals surface area contributed by atoms with E-state index in [-0.39, 0.29) is 43.5 Å². The number of nitrogens with one attached hydrogen (secondary N) is 2. The Labute approximate surface area is 229 Å². The molecule has 0 bridgehead atoms. The maximum atomic E-state index is 13.4. The first-order valence-electron chi connectivity index (χ1n) is 13.0. The number of methoxy groups -OCH3 is 2. The second kappa shape index (κ2) is 15.1. The predicted molar refractivity (Wildman–Crippen MR) is 143 cm³/mol. The molecule has 2 rings (SSSR count). The quantitative estimate of drug-likeness (QED) is 0.201. The highest BCUT2D eigenvalue weighted by Gasteiger charge is 2.35. The third kappa shape index (κ3) is 10.7. The maximum absolute atomic E-state index is 13.4. The highest BCUT2D eigenvalue weighted by Crippen LogP contribution is 2.46. The van der Waals surface area contributed by atoms with Crippen molar-refractivity contribution in [1.82, 2.24) is 10.4 Å². The number of carboxylic acid groups (broad SMARTS) is 1. The first kappa shape index (κ1) is 32.4.